The van der Waals surface area contributed by atoms with Gasteiger partial charge in [0.05, 0.1) is 50.0 Å². The van der Waals surface area contributed by atoms with Crippen molar-refractivity contribution in [3.05, 3.63) is 23.0 Å². The molecule has 0 radical (unpaired) electrons. The summed E-state index contributed by atoms with van der Waals surface area (Å²) in [5.41, 5.74) is 1.74. The van der Waals surface area contributed by atoms with Crippen LogP contribution in [-0.4, -0.2) is 227 Å². The van der Waals surface area contributed by atoms with Gasteiger partial charge in [-0.1, -0.05) is 32.4 Å². The molecule has 73 heavy (non-hydrogen) atoms. The lowest BCUT2D eigenvalue weighted by molar-refractivity contribution is -0.370. The summed E-state index contributed by atoms with van der Waals surface area (Å²) in [6.45, 7) is 10.6. The fourth-order valence-electron chi connectivity index (χ4n) is 14.5. The van der Waals surface area contributed by atoms with E-state index < -0.39 is 154 Å². The average Bonchev–Trinajstić information content (AvgIpc) is 3.85. The topological polar surface area (TPSA) is 346 Å². The smallest absolute Gasteiger partial charge is 0.187 e. The van der Waals surface area contributed by atoms with Gasteiger partial charge in [0.15, 0.2) is 25.2 Å². The molecule has 418 valence electrons. The molecule has 0 aromatic heterocycles. The summed E-state index contributed by atoms with van der Waals surface area (Å²) in [6.07, 6.45) is -22.1. The van der Waals surface area contributed by atoms with E-state index in [1.807, 2.05) is 6.92 Å². The van der Waals surface area contributed by atoms with Crippen molar-refractivity contribution in [3.63, 3.8) is 0 Å². The van der Waals surface area contributed by atoms with Gasteiger partial charge in [-0.05, 0) is 94.0 Å². The monoisotopic (exact) mass is 1050 g/mol. The third-order valence-electron chi connectivity index (χ3n) is 19.0. The Morgan fingerprint density at radius 1 is 0.658 bits per heavy atom. The molecular formula is C51H82O22. The van der Waals surface area contributed by atoms with E-state index in [1.165, 1.54) is 19.4 Å². The molecule has 5 heterocycles. The SMILES string of the molecule is CC1=C(CCC(C)CO[C@@H]2O[C@H](CO)[C@@H](O)[C@H](O)[C@H]2O[C@@H]2O[C@@H](C)[C@H](O)[C@@H](O)[C@H]2O)O[C@H]2C[C@H]3[C@@H]4CC=C5C[C@@H](O[C@@H]6O[C@H](CO)[C@@H](O)[C@H](O)[C@H]6O[C@@H]6O[C@@H](C)[C@H](O)[C@@H](O)[C@H]6O)C[C@@H](O)[C@]5(C)[C@H]4CC[C@]3(C)[C@@H]12. The summed E-state index contributed by atoms with van der Waals surface area (Å²) < 4.78 is 54.3. The standard InChI is InChI=1S/C51H82O22/c1-19(18-65-48-44(40(61)36(57)30(16-52)70-48)72-46-42(63)38(59)34(55)21(3)66-46)7-10-28-20(2)33-29(69-28)15-27-25-9-8-23-13-24(14-32(54)51(23,6)26(25)11-12-50(27,33)5)68-49-45(41(62)37(58)31(17-53)71-49)73-47-43(64)39(60)35(56)22(4)67-47/h8,19,21-22,24-27,29-49,52-64H,7,9-18H2,1-6H3/t19?,21-,22-,24+,25+,26-,27-,29-,30+,31+,32+,33-,34-,35-,36+,37+,38+,39+,40-,41-,42+,43+,44+,45+,46-,47-,48+,49+,50-,51-/m0/s1. The normalized spacial score (nSPS) is 53.4. The minimum absolute atomic E-state index is 0.0121. The van der Waals surface area contributed by atoms with Crippen LogP contribution >= 0.6 is 0 Å². The lowest BCUT2D eigenvalue weighted by atomic mass is 9.46. The lowest BCUT2D eigenvalue weighted by Gasteiger charge is -2.59. The van der Waals surface area contributed by atoms with Gasteiger partial charge in [0.2, 0.25) is 0 Å². The summed E-state index contributed by atoms with van der Waals surface area (Å²) in [5, 5.41) is 138. The van der Waals surface area contributed by atoms with E-state index in [1.54, 1.807) is 0 Å². The molecule has 0 bridgehead atoms. The van der Waals surface area contributed by atoms with E-state index in [2.05, 4.69) is 26.8 Å². The first-order valence-electron chi connectivity index (χ1n) is 26.5. The number of allylic oxidation sites excluding steroid dienone is 2. The van der Waals surface area contributed by atoms with Gasteiger partial charge in [0.25, 0.3) is 0 Å². The van der Waals surface area contributed by atoms with Crippen LogP contribution in [0.3, 0.4) is 0 Å². The zero-order chi connectivity index (χ0) is 52.7. The van der Waals surface area contributed by atoms with Gasteiger partial charge in [-0.15, -0.1) is 0 Å². The fraction of sp³-hybridized carbons (Fsp3) is 0.922. The number of rotatable bonds is 14. The highest BCUT2D eigenvalue weighted by molar-refractivity contribution is 5.31. The first kappa shape index (κ1) is 56.2. The molecule has 0 aromatic rings. The lowest BCUT2D eigenvalue weighted by Crippen LogP contribution is -2.64. The van der Waals surface area contributed by atoms with Crippen LogP contribution in [0.15, 0.2) is 23.0 Å². The van der Waals surface area contributed by atoms with Crippen LogP contribution in [0.4, 0.5) is 0 Å². The second-order valence-corrected chi connectivity index (χ2v) is 23.3. The molecule has 4 aliphatic carbocycles. The molecule has 9 aliphatic rings. The van der Waals surface area contributed by atoms with Crippen molar-refractivity contribution in [1.29, 1.82) is 0 Å². The maximum atomic E-state index is 12.2. The highest BCUT2D eigenvalue weighted by Gasteiger charge is 2.65. The van der Waals surface area contributed by atoms with Crippen molar-refractivity contribution in [2.45, 2.75) is 234 Å². The molecule has 22 nitrogen and oxygen atoms in total. The van der Waals surface area contributed by atoms with Crippen molar-refractivity contribution >= 4 is 0 Å². The Balaban J connectivity index is 0.821. The van der Waals surface area contributed by atoms with Crippen LogP contribution in [-0.2, 0) is 42.6 Å². The van der Waals surface area contributed by atoms with Crippen LogP contribution < -0.4 is 0 Å². The van der Waals surface area contributed by atoms with Crippen LogP contribution in [0.25, 0.3) is 0 Å². The summed E-state index contributed by atoms with van der Waals surface area (Å²) in [7, 11) is 0. The number of aliphatic hydroxyl groups is 13. The van der Waals surface area contributed by atoms with Gasteiger partial charge < -0.3 is 109 Å². The Morgan fingerprint density at radius 2 is 1.22 bits per heavy atom. The van der Waals surface area contributed by atoms with Crippen molar-refractivity contribution in [2.24, 2.45) is 40.4 Å². The van der Waals surface area contributed by atoms with Gasteiger partial charge in [0.1, 0.15) is 91.6 Å². The summed E-state index contributed by atoms with van der Waals surface area (Å²) >= 11 is 0. The van der Waals surface area contributed by atoms with Crippen LogP contribution in [0.5, 0.6) is 0 Å². The first-order chi connectivity index (χ1) is 34.5. The molecule has 1 unspecified atom stereocenters. The third-order valence-corrected chi connectivity index (χ3v) is 19.0. The van der Waals surface area contributed by atoms with Gasteiger partial charge in [0, 0.05) is 24.2 Å². The van der Waals surface area contributed by atoms with Gasteiger partial charge >= 0.3 is 0 Å². The highest BCUT2D eigenvalue weighted by atomic mass is 16.8. The second kappa shape index (κ2) is 21.9. The third kappa shape index (κ3) is 10.0. The zero-order valence-corrected chi connectivity index (χ0v) is 42.5. The predicted molar refractivity (Wildman–Crippen MR) is 249 cm³/mol. The van der Waals surface area contributed by atoms with E-state index in [4.69, 9.17) is 42.6 Å². The Bertz CT molecular complexity index is 1960. The van der Waals surface area contributed by atoms with Crippen LogP contribution in [0.1, 0.15) is 92.9 Å². The molecule has 30 atom stereocenters. The van der Waals surface area contributed by atoms with Crippen molar-refractivity contribution < 1.29 is 109 Å². The van der Waals surface area contributed by atoms with E-state index in [9.17, 15) is 66.4 Å². The number of fused-ring (bicyclic) bond motifs is 7. The summed E-state index contributed by atoms with van der Waals surface area (Å²) in [5.74, 6) is 1.98. The molecule has 9 rings (SSSR count). The maximum absolute atomic E-state index is 12.2. The molecule has 22 heteroatoms. The van der Waals surface area contributed by atoms with E-state index in [-0.39, 0.29) is 42.3 Å². The average molecular weight is 1050 g/mol. The minimum atomic E-state index is -1.70. The molecule has 13 N–H and O–H groups in total. The molecule has 4 saturated heterocycles. The van der Waals surface area contributed by atoms with E-state index in [0.717, 1.165) is 37.0 Å². The van der Waals surface area contributed by atoms with E-state index >= 15 is 0 Å². The van der Waals surface area contributed by atoms with Crippen LogP contribution in [0, 0.1) is 40.4 Å². The Labute approximate surface area is 425 Å². The molecule has 3 saturated carbocycles. The zero-order valence-electron chi connectivity index (χ0n) is 42.5. The largest absolute Gasteiger partial charge is 0.494 e. The van der Waals surface area contributed by atoms with Gasteiger partial charge in [-0.25, -0.2) is 0 Å². The van der Waals surface area contributed by atoms with Crippen molar-refractivity contribution in [1.82, 2.24) is 0 Å². The Hall–Kier alpha value is -1.56. The van der Waals surface area contributed by atoms with Crippen molar-refractivity contribution in [2.75, 3.05) is 19.8 Å². The fourth-order valence-corrected chi connectivity index (χ4v) is 14.5. The van der Waals surface area contributed by atoms with E-state index in [0.29, 0.717) is 31.1 Å². The Morgan fingerprint density at radius 3 is 1.79 bits per heavy atom. The molecule has 0 aromatic carbocycles. The molecule has 7 fully saturated rings. The molecular weight excluding hydrogens is 965 g/mol. The maximum Gasteiger partial charge on any atom is 0.187 e. The number of hydrogen-bond donors (Lipinski definition) is 13. The summed E-state index contributed by atoms with van der Waals surface area (Å²) in [4.78, 5) is 0. The Kier molecular flexibility index (Phi) is 16.9. The number of aliphatic hydroxyl groups excluding tert-OH is 13. The highest BCUT2D eigenvalue weighted by Crippen LogP contribution is 2.69. The minimum Gasteiger partial charge on any atom is -0.494 e. The van der Waals surface area contributed by atoms with Gasteiger partial charge in [-0.3, -0.25) is 0 Å². The first-order valence-corrected chi connectivity index (χ1v) is 26.5. The predicted octanol–water partition coefficient (Wildman–Crippen LogP) is -2.06. The molecule has 0 spiro atoms. The second-order valence-electron chi connectivity index (χ2n) is 23.3. The quantitative estimate of drug-likeness (QED) is 0.0832. The number of ether oxygens (including phenoxy) is 9. The molecule has 5 aliphatic heterocycles. The number of hydrogen-bond acceptors (Lipinski definition) is 22. The van der Waals surface area contributed by atoms with Gasteiger partial charge in [-0.2, -0.15) is 0 Å². The molecule has 0 amide bonds. The van der Waals surface area contributed by atoms with Crippen molar-refractivity contribution in [3.8, 4) is 0 Å². The van der Waals surface area contributed by atoms with Crippen LogP contribution in [0.2, 0.25) is 0 Å². The summed E-state index contributed by atoms with van der Waals surface area (Å²) in [6, 6.07) is 0.